The van der Waals surface area contributed by atoms with Crippen LogP contribution >= 0.6 is 0 Å². The Labute approximate surface area is 213 Å². The van der Waals surface area contributed by atoms with E-state index in [0.717, 1.165) is 27.7 Å². The highest BCUT2D eigenvalue weighted by Gasteiger charge is 2.76. The van der Waals surface area contributed by atoms with Crippen LogP contribution in [0.2, 0.25) is 0 Å². The lowest BCUT2D eigenvalue weighted by molar-refractivity contribution is -0.375. The molecular weight excluding hydrogens is 554 g/mol. The van der Waals surface area contributed by atoms with Gasteiger partial charge in [0.2, 0.25) is 0 Å². The molecule has 14 heteroatoms. The Morgan fingerprint density at radius 3 is 0.921 bits per heavy atom. The van der Waals surface area contributed by atoms with Gasteiger partial charge in [0.1, 0.15) is 5.82 Å². The highest BCUT2D eigenvalue weighted by molar-refractivity contribution is 5.33. The van der Waals surface area contributed by atoms with E-state index in [-0.39, 0.29) is 7.43 Å². The Morgan fingerprint density at radius 2 is 0.737 bits per heavy atom. The maximum Gasteiger partial charge on any atom is 0.459 e. The molecule has 0 spiro atoms. The molecule has 0 heterocycles. The van der Waals surface area contributed by atoms with E-state index >= 15 is 0 Å². The quantitative estimate of drug-likeness (QED) is 0.174. The average Bonchev–Trinajstić information content (AvgIpc) is 2.61. The minimum Gasteiger partial charge on any atom is -0.206 e. The van der Waals surface area contributed by atoms with E-state index in [1.54, 1.807) is 0 Å². The molecule has 0 fully saturated rings. The Balaban J connectivity index is -0.000000500. The molecule has 228 valence electrons. The van der Waals surface area contributed by atoms with Gasteiger partial charge in [-0.15, -0.1) is 0 Å². The van der Waals surface area contributed by atoms with E-state index in [2.05, 4.69) is 0 Å². The van der Waals surface area contributed by atoms with Crippen LogP contribution in [0.5, 0.6) is 0 Å². The zero-order valence-electron chi connectivity index (χ0n) is 21.8. The lowest BCUT2D eigenvalue weighted by atomic mass is 9.84. The number of halogens is 14. The van der Waals surface area contributed by atoms with Gasteiger partial charge in [-0.05, 0) is 12.3 Å². The summed E-state index contributed by atoms with van der Waals surface area (Å²) >= 11 is 0. The summed E-state index contributed by atoms with van der Waals surface area (Å²) in [4.78, 5) is 0. The predicted octanol–water partition coefficient (Wildman–Crippen LogP) is 10.9. The average molecular weight is 589 g/mol. The van der Waals surface area contributed by atoms with Gasteiger partial charge in [0.05, 0.1) is 5.41 Å². The third-order valence-electron chi connectivity index (χ3n) is 4.78. The SMILES string of the molecule is C.CC(C)(C)C(F)(F)C(F)(F)C(F)(F)F.CC(C)(C)C(F)(F)F.Cc1c(F)c(F)c(F)c(C(C)(C)C)c1F. The van der Waals surface area contributed by atoms with E-state index in [9.17, 15) is 61.5 Å². The smallest absolute Gasteiger partial charge is 0.206 e. The highest BCUT2D eigenvalue weighted by atomic mass is 19.4. The molecule has 1 rings (SSSR count). The molecule has 0 saturated heterocycles. The molecule has 0 N–H and O–H groups in total. The van der Waals surface area contributed by atoms with Crippen LogP contribution < -0.4 is 0 Å². The van der Waals surface area contributed by atoms with Gasteiger partial charge in [0.25, 0.3) is 0 Å². The molecule has 0 saturated carbocycles. The molecule has 0 atom stereocenters. The minimum absolute atomic E-state index is 0. The molecule has 0 unspecified atom stereocenters. The molecule has 1 aromatic rings. The van der Waals surface area contributed by atoms with Gasteiger partial charge in [-0.25, -0.2) is 17.6 Å². The van der Waals surface area contributed by atoms with Crippen molar-refractivity contribution in [2.45, 2.75) is 106 Å². The highest BCUT2D eigenvalue weighted by Crippen LogP contribution is 2.53. The molecule has 0 aliphatic heterocycles. The topological polar surface area (TPSA) is 0 Å². The first-order valence-electron chi connectivity index (χ1n) is 10.4. The largest absolute Gasteiger partial charge is 0.459 e. The van der Waals surface area contributed by atoms with E-state index in [1.807, 2.05) is 0 Å². The van der Waals surface area contributed by atoms with Gasteiger partial charge in [-0.1, -0.05) is 69.7 Å². The van der Waals surface area contributed by atoms with Crippen LogP contribution in [0.15, 0.2) is 0 Å². The van der Waals surface area contributed by atoms with Gasteiger partial charge < -0.3 is 0 Å². The summed E-state index contributed by atoms with van der Waals surface area (Å²) in [6.45, 7) is 11.0. The molecule has 0 bridgehead atoms. The predicted molar refractivity (Wildman–Crippen MR) is 117 cm³/mol. The third kappa shape index (κ3) is 9.17. The van der Waals surface area contributed by atoms with Crippen LogP contribution in [0.4, 0.5) is 61.5 Å². The van der Waals surface area contributed by atoms with Crippen molar-refractivity contribution in [3.8, 4) is 0 Å². The van der Waals surface area contributed by atoms with Gasteiger partial charge in [-0.2, -0.15) is 43.9 Å². The van der Waals surface area contributed by atoms with Crippen molar-refractivity contribution >= 4 is 0 Å². The summed E-state index contributed by atoms with van der Waals surface area (Å²) in [5.41, 5.74) is -5.84. The van der Waals surface area contributed by atoms with Crippen molar-refractivity contribution in [2.24, 2.45) is 10.8 Å². The Hall–Kier alpha value is -1.76. The summed E-state index contributed by atoms with van der Waals surface area (Å²) in [6.07, 6.45) is -10.3. The van der Waals surface area contributed by atoms with Crippen molar-refractivity contribution in [2.75, 3.05) is 0 Å². The number of hydrogen-bond donors (Lipinski definition) is 0. The van der Waals surface area contributed by atoms with Crippen LogP contribution in [-0.2, 0) is 5.41 Å². The third-order valence-corrected chi connectivity index (χ3v) is 4.78. The zero-order valence-corrected chi connectivity index (χ0v) is 21.8. The van der Waals surface area contributed by atoms with Crippen LogP contribution in [0.1, 0.15) is 80.9 Å². The maximum atomic E-state index is 13.6. The van der Waals surface area contributed by atoms with Crippen LogP contribution in [0.25, 0.3) is 0 Å². The first-order valence-corrected chi connectivity index (χ1v) is 10.4. The van der Waals surface area contributed by atoms with E-state index < -0.39 is 74.8 Å². The van der Waals surface area contributed by atoms with Gasteiger partial charge >= 0.3 is 24.2 Å². The van der Waals surface area contributed by atoms with E-state index in [1.165, 1.54) is 20.8 Å². The van der Waals surface area contributed by atoms with Crippen molar-refractivity contribution < 1.29 is 61.5 Å². The fourth-order valence-electron chi connectivity index (χ4n) is 2.06. The number of rotatable bonds is 1. The summed E-state index contributed by atoms with van der Waals surface area (Å²) in [7, 11) is 0. The lowest BCUT2D eigenvalue weighted by Gasteiger charge is -2.36. The summed E-state index contributed by atoms with van der Waals surface area (Å²) in [5, 5.41) is 0. The summed E-state index contributed by atoms with van der Waals surface area (Å²) < 4.78 is 173. The molecule has 1 aromatic carbocycles. The summed E-state index contributed by atoms with van der Waals surface area (Å²) in [6, 6.07) is 0. The zero-order chi connectivity index (χ0) is 31.0. The van der Waals surface area contributed by atoms with E-state index in [4.69, 9.17) is 0 Å². The first kappa shape index (κ1) is 40.7. The number of hydrogen-bond acceptors (Lipinski definition) is 0. The maximum absolute atomic E-state index is 13.6. The van der Waals surface area contributed by atoms with Crippen molar-refractivity contribution in [1.29, 1.82) is 0 Å². The molecule has 38 heavy (non-hydrogen) atoms. The molecule has 0 nitrogen and oxygen atoms in total. The molecule has 0 radical (unpaired) electrons. The van der Waals surface area contributed by atoms with Crippen LogP contribution in [0.3, 0.4) is 0 Å². The standard InChI is InChI=1S/C11H12F4.C7H9F7.C5H9F3.CH4/c1-5-7(12)6(11(2,3)4)9(14)10(15)8(5)13;1-4(2,3)5(8,9)6(10,11)7(12,13)14;1-4(2,3)5(6,7)8;/h1-4H3;1-3H3;1-3H3;1H4. The minimum atomic E-state index is -6.25. The molecule has 0 amide bonds. The van der Waals surface area contributed by atoms with Crippen molar-refractivity contribution in [3.63, 3.8) is 0 Å². The first-order chi connectivity index (χ1) is 15.7. The van der Waals surface area contributed by atoms with Crippen molar-refractivity contribution in [1.82, 2.24) is 0 Å². The normalized spacial score (nSPS) is 13.6. The number of benzene rings is 1. The van der Waals surface area contributed by atoms with Gasteiger partial charge in [0, 0.05) is 16.5 Å². The van der Waals surface area contributed by atoms with Crippen LogP contribution in [-0.4, -0.2) is 24.2 Å². The Morgan fingerprint density at radius 1 is 0.421 bits per heavy atom. The summed E-state index contributed by atoms with van der Waals surface area (Å²) in [5.74, 6) is -16.7. The second kappa shape index (κ2) is 12.2. The Kier molecular flexibility index (Phi) is 13.1. The van der Waals surface area contributed by atoms with Gasteiger partial charge in [-0.3, -0.25) is 0 Å². The fraction of sp³-hybridized carbons (Fsp3) is 0.750. The molecular formula is C24H34F14. The second-order valence-corrected chi connectivity index (χ2v) is 11.2. The van der Waals surface area contributed by atoms with Crippen LogP contribution in [0, 0.1) is 41.0 Å². The Bertz CT molecular complexity index is 838. The molecule has 0 aliphatic carbocycles. The number of alkyl halides is 10. The molecule has 0 aromatic heterocycles. The fourth-order valence-corrected chi connectivity index (χ4v) is 2.06. The van der Waals surface area contributed by atoms with Gasteiger partial charge in [0.15, 0.2) is 17.5 Å². The second-order valence-electron chi connectivity index (χ2n) is 11.2. The monoisotopic (exact) mass is 588 g/mol. The van der Waals surface area contributed by atoms with E-state index in [0.29, 0.717) is 20.8 Å². The lowest BCUT2D eigenvalue weighted by Crippen LogP contribution is -2.58. The van der Waals surface area contributed by atoms with Crippen molar-refractivity contribution in [3.05, 3.63) is 34.4 Å². The molecule has 0 aliphatic rings.